The van der Waals surface area contributed by atoms with Crippen LogP contribution in [0.5, 0.6) is 5.75 Å². The number of hydrogen-bond donors (Lipinski definition) is 1. The van der Waals surface area contributed by atoms with Crippen molar-refractivity contribution in [2.75, 3.05) is 5.32 Å². The van der Waals surface area contributed by atoms with Gasteiger partial charge in [0.15, 0.2) is 11.6 Å². The summed E-state index contributed by atoms with van der Waals surface area (Å²) >= 11 is 0. The van der Waals surface area contributed by atoms with Gasteiger partial charge in [-0.2, -0.15) is 0 Å². The Labute approximate surface area is 123 Å². The second-order valence-electron chi connectivity index (χ2n) is 6.07. The van der Waals surface area contributed by atoms with Crippen LogP contribution in [-0.2, 0) is 0 Å². The van der Waals surface area contributed by atoms with Crippen molar-refractivity contribution >= 4 is 5.82 Å². The summed E-state index contributed by atoms with van der Waals surface area (Å²) in [5.41, 5.74) is 0. The van der Waals surface area contributed by atoms with Gasteiger partial charge in [-0.25, -0.2) is 4.98 Å². The molecule has 3 heteroatoms. The van der Waals surface area contributed by atoms with Crippen molar-refractivity contribution in [1.29, 1.82) is 0 Å². The van der Waals surface area contributed by atoms with Gasteiger partial charge in [0, 0.05) is 12.2 Å². The van der Waals surface area contributed by atoms with Gasteiger partial charge in [-0.15, -0.1) is 0 Å². The lowest BCUT2D eigenvalue weighted by Crippen LogP contribution is -2.30. The van der Waals surface area contributed by atoms with Crippen LogP contribution in [0.15, 0.2) is 18.3 Å². The maximum Gasteiger partial charge on any atom is 0.168 e. The molecular weight excluding hydrogens is 248 g/mol. The Kier molecular flexibility index (Phi) is 5.69. The lowest BCUT2D eigenvalue weighted by molar-refractivity contribution is 0.242. The van der Waals surface area contributed by atoms with E-state index in [1.807, 2.05) is 18.3 Å². The minimum absolute atomic E-state index is 0.175. The largest absolute Gasteiger partial charge is 0.487 e. The molecule has 1 unspecified atom stereocenters. The molecular formula is C17H28N2O. The fourth-order valence-electron chi connectivity index (χ4n) is 3.11. The number of hydrogen-bond acceptors (Lipinski definition) is 3. The molecule has 2 rings (SSSR count). The predicted molar refractivity (Wildman–Crippen MR) is 84.3 cm³/mol. The van der Waals surface area contributed by atoms with Crippen molar-refractivity contribution in [1.82, 2.24) is 4.98 Å². The molecule has 0 saturated heterocycles. The fourth-order valence-corrected chi connectivity index (χ4v) is 3.11. The van der Waals surface area contributed by atoms with E-state index in [9.17, 15) is 0 Å². The van der Waals surface area contributed by atoms with E-state index in [2.05, 4.69) is 31.1 Å². The maximum absolute atomic E-state index is 5.85. The van der Waals surface area contributed by atoms with Crippen molar-refractivity contribution < 1.29 is 4.74 Å². The van der Waals surface area contributed by atoms with Gasteiger partial charge < -0.3 is 10.1 Å². The zero-order chi connectivity index (χ0) is 14.4. The number of pyridine rings is 1. The lowest BCUT2D eigenvalue weighted by atomic mass is 9.83. The fraction of sp³-hybridized carbons (Fsp3) is 0.706. The second kappa shape index (κ2) is 7.51. The molecule has 1 saturated carbocycles. The summed E-state index contributed by atoms with van der Waals surface area (Å²) in [4.78, 5) is 4.48. The molecule has 1 atom stereocenters. The molecule has 0 spiro atoms. The molecule has 0 radical (unpaired) electrons. The molecule has 1 aliphatic carbocycles. The first kappa shape index (κ1) is 15.1. The van der Waals surface area contributed by atoms with Crippen LogP contribution in [0.4, 0.5) is 5.82 Å². The summed E-state index contributed by atoms with van der Waals surface area (Å²) in [5.74, 6) is 2.55. The Morgan fingerprint density at radius 3 is 2.70 bits per heavy atom. The molecule has 1 aromatic rings. The Hall–Kier alpha value is -1.25. The van der Waals surface area contributed by atoms with Crippen LogP contribution < -0.4 is 10.1 Å². The number of aromatic nitrogens is 1. The SMILES string of the molecule is CCC(Nc1ncccc1OC(C)C)C1CCCCC1. The van der Waals surface area contributed by atoms with Gasteiger partial charge in [-0.3, -0.25) is 0 Å². The molecule has 0 amide bonds. The summed E-state index contributed by atoms with van der Waals surface area (Å²) in [6.07, 6.45) is 10.00. The van der Waals surface area contributed by atoms with Gasteiger partial charge in [0.05, 0.1) is 6.10 Å². The van der Waals surface area contributed by atoms with Crippen molar-refractivity contribution in [3.05, 3.63) is 18.3 Å². The van der Waals surface area contributed by atoms with Gasteiger partial charge >= 0.3 is 0 Å². The highest BCUT2D eigenvalue weighted by atomic mass is 16.5. The van der Waals surface area contributed by atoms with Crippen molar-refractivity contribution in [2.45, 2.75) is 71.4 Å². The molecule has 1 aromatic heterocycles. The van der Waals surface area contributed by atoms with Crippen LogP contribution in [0.3, 0.4) is 0 Å². The van der Waals surface area contributed by atoms with Gasteiger partial charge in [-0.1, -0.05) is 26.2 Å². The second-order valence-corrected chi connectivity index (χ2v) is 6.07. The summed E-state index contributed by atoms with van der Waals surface area (Å²) < 4.78 is 5.85. The number of nitrogens with zero attached hydrogens (tertiary/aromatic N) is 1. The van der Waals surface area contributed by atoms with Crippen LogP contribution in [-0.4, -0.2) is 17.1 Å². The smallest absolute Gasteiger partial charge is 0.168 e. The molecule has 0 bridgehead atoms. The zero-order valence-electron chi connectivity index (χ0n) is 13.1. The standard InChI is InChI=1S/C17H28N2O/c1-4-15(14-9-6-5-7-10-14)19-17-16(20-13(2)3)11-8-12-18-17/h8,11-15H,4-7,9-10H2,1-3H3,(H,18,19). The van der Waals surface area contributed by atoms with E-state index in [4.69, 9.17) is 4.74 Å². The van der Waals surface area contributed by atoms with E-state index in [1.54, 1.807) is 0 Å². The number of nitrogens with one attached hydrogen (secondary N) is 1. The van der Waals surface area contributed by atoms with Crippen LogP contribution in [0.25, 0.3) is 0 Å². The van der Waals surface area contributed by atoms with Crippen LogP contribution in [0, 0.1) is 5.92 Å². The highest BCUT2D eigenvalue weighted by Gasteiger charge is 2.23. The molecule has 0 aliphatic heterocycles. The molecule has 1 heterocycles. The molecule has 1 N–H and O–H groups in total. The van der Waals surface area contributed by atoms with Gasteiger partial charge in [-0.05, 0) is 51.2 Å². The number of rotatable bonds is 6. The lowest BCUT2D eigenvalue weighted by Gasteiger charge is -2.31. The average Bonchev–Trinajstić information content (AvgIpc) is 2.46. The van der Waals surface area contributed by atoms with E-state index in [1.165, 1.54) is 32.1 Å². The van der Waals surface area contributed by atoms with Gasteiger partial charge in [0.1, 0.15) is 0 Å². The Morgan fingerprint density at radius 2 is 2.05 bits per heavy atom. The van der Waals surface area contributed by atoms with Crippen molar-refractivity contribution in [2.24, 2.45) is 5.92 Å². The van der Waals surface area contributed by atoms with E-state index < -0.39 is 0 Å². The predicted octanol–water partition coefficient (Wildman–Crippen LogP) is 4.64. The minimum Gasteiger partial charge on any atom is -0.487 e. The normalized spacial score (nSPS) is 18.0. The van der Waals surface area contributed by atoms with Crippen LogP contribution in [0.2, 0.25) is 0 Å². The highest BCUT2D eigenvalue weighted by Crippen LogP contribution is 2.31. The Bertz CT molecular complexity index is 400. The molecule has 3 nitrogen and oxygen atoms in total. The summed E-state index contributed by atoms with van der Waals surface area (Å²) in [7, 11) is 0. The molecule has 20 heavy (non-hydrogen) atoms. The minimum atomic E-state index is 0.175. The molecule has 0 aromatic carbocycles. The highest BCUT2D eigenvalue weighted by molar-refractivity contribution is 5.50. The zero-order valence-corrected chi connectivity index (χ0v) is 13.1. The Morgan fingerprint density at radius 1 is 1.30 bits per heavy atom. The molecule has 112 valence electrons. The monoisotopic (exact) mass is 276 g/mol. The maximum atomic E-state index is 5.85. The number of ether oxygens (including phenoxy) is 1. The average molecular weight is 276 g/mol. The third kappa shape index (κ3) is 4.12. The van der Waals surface area contributed by atoms with E-state index in [0.717, 1.165) is 23.9 Å². The van der Waals surface area contributed by atoms with Crippen LogP contribution in [0.1, 0.15) is 59.3 Å². The first-order valence-electron chi connectivity index (χ1n) is 8.09. The third-order valence-electron chi connectivity index (χ3n) is 4.11. The van der Waals surface area contributed by atoms with Gasteiger partial charge in [0.25, 0.3) is 0 Å². The number of anilines is 1. The van der Waals surface area contributed by atoms with Crippen molar-refractivity contribution in [3.63, 3.8) is 0 Å². The molecule has 1 aliphatic rings. The topological polar surface area (TPSA) is 34.2 Å². The van der Waals surface area contributed by atoms with Crippen LogP contribution >= 0.6 is 0 Å². The summed E-state index contributed by atoms with van der Waals surface area (Å²) in [5, 5.41) is 3.64. The van der Waals surface area contributed by atoms with Crippen molar-refractivity contribution in [3.8, 4) is 5.75 Å². The van der Waals surface area contributed by atoms with E-state index in [-0.39, 0.29) is 6.10 Å². The van der Waals surface area contributed by atoms with E-state index >= 15 is 0 Å². The quantitative estimate of drug-likeness (QED) is 0.822. The Balaban J connectivity index is 2.06. The third-order valence-corrected chi connectivity index (χ3v) is 4.11. The molecule has 1 fully saturated rings. The van der Waals surface area contributed by atoms with E-state index in [0.29, 0.717) is 6.04 Å². The first-order chi connectivity index (χ1) is 9.70. The summed E-state index contributed by atoms with van der Waals surface area (Å²) in [6, 6.07) is 4.45. The first-order valence-corrected chi connectivity index (χ1v) is 8.09. The summed E-state index contributed by atoms with van der Waals surface area (Å²) in [6.45, 7) is 6.36. The van der Waals surface area contributed by atoms with Gasteiger partial charge in [0.2, 0.25) is 0 Å².